The number of ether oxygens (including phenoxy) is 2. The minimum absolute atomic E-state index is 0.119. The Labute approximate surface area is 289 Å². The zero-order valence-corrected chi connectivity index (χ0v) is 28.5. The maximum Gasteiger partial charge on any atom is 0.407 e. The maximum absolute atomic E-state index is 15.5. The first-order valence-corrected chi connectivity index (χ1v) is 17.4. The fraction of sp³-hybridized carbons (Fsp3) is 0.286. The number of pyridine rings is 1. The fourth-order valence-electron chi connectivity index (χ4n) is 5.91. The number of methoxy groups -OCH3 is 2. The van der Waals surface area contributed by atoms with E-state index in [2.05, 4.69) is 20.9 Å². The van der Waals surface area contributed by atoms with Gasteiger partial charge in [-0.2, -0.15) is 4.31 Å². The average Bonchev–Trinajstić information content (AvgIpc) is 3.12. The number of halogens is 2. The van der Waals surface area contributed by atoms with E-state index in [1.165, 1.54) is 30.7 Å². The van der Waals surface area contributed by atoms with E-state index in [0.717, 1.165) is 0 Å². The van der Waals surface area contributed by atoms with Crippen molar-refractivity contribution in [3.63, 3.8) is 0 Å². The van der Waals surface area contributed by atoms with E-state index in [1.54, 1.807) is 79.0 Å². The molecule has 0 saturated carbocycles. The molecule has 4 aromatic rings. The van der Waals surface area contributed by atoms with Crippen molar-refractivity contribution in [3.05, 3.63) is 119 Å². The third-order valence-electron chi connectivity index (χ3n) is 8.38. The van der Waals surface area contributed by atoms with Gasteiger partial charge in [0.2, 0.25) is 21.8 Å². The molecule has 0 aliphatic carbocycles. The largest absolute Gasteiger partial charge is 0.481 e. The summed E-state index contributed by atoms with van der Waals surface area (Å²) < 4.78 is 54.1. The number of carbonyl (C=O) groups is 2. The van der Waals surface area contributed by atoms with Crippen LogP contribution in [-0.2, 0) is 26.0 Å². The molecule has 11 nitrogen and oxygen atoms in total. The summed E-state index contributed by atoms with van der Waals surface area (Å²) in [5.41, 5.74) is 1.59. The minimum atomic E-state index is -3.79. The number of hydrogen-bond donors (Lipinski definition) is 3. The number of carbonyl (C=O) groups excluding carboxylic acids is 2. The van der Waals surface area contributed by atoms with Crippen LogP contribution in [0.1, 0.15) is 29.0 Å². The third kappa shape index (κ3) is 8.54. The van der Waals surface area contributed by atoms with E-state index in [-0.39, 0.29) is 35.5 Å². The first-order valence-electron chi connectivity index (χ1n) is 15.6. The van der Waals surface area contributed by atoms with Gasteiger partial charge in [0.15, 0.2) is 0 Å². The summed E-state index contributed by atoms with van der Waals surface area (Å²) in [6, 6.07) is 21.0. The van der Waals surface area contributed by atoms with E-state index in [1.807, 2.05) is 0 Å². The molecule has 3 N–H and O–H groups in total. The quantitative estimate of drug-likeness (QED) is 0.188. The second kappa shape index (κ2) is 16.2. The Balaban J connectivity index is 1.44. The smallest absolute Gasteiger partial charge is 0.407 e. The van der Waals surface area contributed by atoms with Crippen molar-refractivity contribution in [2.75, 3.05) is 39.2 Å². The summed E-state index contributed by atoms with van der Waals surface area (Å²) in [5.74, 6) is -1.64. The van der Waals surface area contributed by atoms with Crippen molar-refractivity contribution in [2.24, 2.45) is 0 Å². The van der Waals surface area contributed by atoms with Gasteiger partial charge in [0.05, 0.1) is 19.1 Å². The molecule has 0 bridgehead atoms. The summed E-state index contributed by atoms with van der Waals surface area (Å²) in [5, 5.41) is 9.18. The van der Waals surface area contributed by atoms with Crippen LogP contribution in [-0.4, -0.2) is 75.6 Å². The van der Waals surface area contributed by atoms with E-state index in [4.69, 9.17) is 21.1 Å². The highest BCUT2D eigenvalue weighted by Crippen LogP contribution is 2.32. The van der Waals surface area contributed by atoms with Crippen LogP contribution >= 0.6 is 11.6 Å². The van der Waals surface area contributed by atoms with E-state index in [0.29, 0.717) is 35.1 Å². The van der Waals surface area contributed by atoms with Crippen LogP contribution in [0.2, 0.25) is 5.02 Å². The summed E-state index contributed by atoms with van der Waals surface area (Å²) in [7, 11) is -1.13. The monoisotopic (exact) mass is 709 g/mol. The lowest BCUT2D eigenvalue weighted by Crippen LogP contribution is -2.53. The maximum atomic E-state index is 15.5. The standard InChI is InChI=1S/C35H37ClFN5O6S/c1-47-31-18-13-24(21-39-31)32(23-11-14-25(36)15-12-23)33(41-35(44)48-2)34(43)40-30-10-6-9-29(37)28(30)17-16-26-22-38-19-20-42(26)49(45,46)27-7-4-3-5-8-27/h3-15,18,21,26,32-33,38H,16-17,19-20,22H2,1-2H3,(H,40,43)(H,41,44)/t26-,32-,33-/m0/s1. The molecule has 1 fully saturated rings. The number of rotatable bonds is 12. The van der Waals surface area contributed by atoms with Crippen LogP contribution in [0, 0.1) is 5.82 Å². The Morgan fingerprint density at radius 3 is 2.43 bits per heavy atom. The molecular formula is C35H37ClFN5O6S. The molecule has 49 heavy (non-hydrogen) atoms. The first-order chi connectivity index (χ1) is 23.6. The number of amides is 2. The molecule has 5 rings (SSSR count). The predicted octanol–water partition coefficient (Wildman–Crippen LogP) is 4.97. The van der Waals surface area contributed by atoms with Crippen molar-refractivity contribution in [2.45, 2.75) is 35.7 Å². The van der Waals surface area contributed by atoms with Gasteiger partial charge < -0.3 is 25.4 Å². The zero-order chi connectivity index (χ0) is 35.0. The molecular weight excluding hydrogens is 673 g/mol. The van der Waals surface area contributed by atoms with Gasteiger partial charge in [-0.05, 0) is 60.4 Å². The van der Waals surface area contributed by atoms with Crippen LogP contribution in [0.5, 0.6) is 5.88 Å². The lowest BCUT2D eigenvalue weighted by Gasteiger charge is -2.35. The van der Waals surface area contributed by atoms with Crippen molar-refractivity contribution in [1.29, 1.82) is 0 Å². The number of hydrogen-bond acceptors (Lipinski definition) is 8. The molecule has 1 aliphatic heterocycles. The van der Waals surface area contributed by atoms with Gasteiger partial charge in [0, 0.05) is 60.1 Å². The van der Waals surface area contributed by atoms with Crippen LogP contribution in [0.25, 0.3) is 0 Å². The van der Waals surface area contributed by atoms with Gasteiger partial charge in [-0.15, -0.1) is 0 Å². The van der Waals surface area contributed by atoms with Crippen LogP contribution in [0.4, 0.5) is 14.9 Å². The van der Waals surface area contributed by atoms with E-state index >= 15 is 4.39 Å². The topological polar surface area (TPSA) is 139 Å². The van der Waals surface area contributed by atoms with Gasteiger partial charge in [-0.1, -0.05) is 54.1 Å². The molecule has 0 spiro atoms. The number of piperazine rings is 1. The number of benzene rings is 3. The molecule has 1 aromatic heterocycles. The SMILES string of the molecule is COC(=O)N[C@H](C(=O)Nc1cccc(F)c1CC[C@H]1CNCCN1S(=O)(=O)c1ccccc1)[C@@H](c1ccc(Cl)cc1)c1ccc(OC)nc1. The van der Waals surface area contributed by atoms with Gasteiger partial charge in [0.25, 0.3) is 0 Å². The summed E-state index contributed by atoms with van der Waals surface area (Å²) in [6.07, 6.45) is 1.08. The van der Waals surface area contributed by atoms with Crippen LogP contribution in [0.15, 0.2) is 96.0 Å². The molecule has 2 heterocycles. The number of anilines is 1. The average molecular weight is 710 g/mol. The second-order valence-corrected chi connectivity index (χ2v) is 13.7. The second-order valence-electron chi connectivity index (χ2n) is 11.4. The van der Waals surface area contributed by atoms with Crippen molar-refractivity contribution in [3.8, 4) is 5.88 Å². The molecule has 1 aliphatic rings. The number of aromatic nitrogens is 1. The molecule has 0 radical (unpaired) electrons. The highest BCUT2D eigenvalue weighted by atomic mass is 35.5. The number of sulfonamides is 1. The van der Waals surface area contributed by atoms with Gasteiger partial charge in [-0.25, -0.2) is 22.6 Å². The molecule has 258 valence electrons. The normalized spacial score (nSPS) is 16.3. The Hall–Kier alpha value is -4.56. The Bertz CT molecular complexity index is 1850. The number of alkyl carbamates (subject to hydrolysis) is 1. The summed E-state index contributed by atoms with van der Waals surface area (Å²) in [6.45, 7) is 1.12. The van der Waals surface area contributed by atoms with E-state index in [9.17, 15) is 18.0 Å². The van der Waals surface area contributed by atoms with Crippen molar-refractivity contribution >= 4 is 39.3 Å². The zero-order valence-electron chi connectivity index (χ0n) is 26.9. The highest BCUT2D eigenvalue weighted by Gasteiger charge is 2.35. The lowest BCUT2D eigenvalue weighted by atomic mass is 9.85. The van der Waals surface area contributed by atoms with E-state index < -0.39 is 45.8 Å². The highest BCUT2D eigenvalue weighted by molar-refractivity contribution is 7.89. The molecule has 1 saturated heterocycles. The molecule has 0 unspecified atom stereocenters. The Kier molecular flexibility index (Phi) is 11.8. The van der Waals surface area contributed by atoms with Gasteiger partial charge in [-0.3, -0.25) is 4.79 Å². The predicted molar refractivity (Wildman–Crippen MR) is 184 cm³/mol. The summed E-state index contributed by atoms with van der Waals surface area (Å²) in [4.78, 5) is 31.3. The minimum Gasteiger partial charge on any atom is -0.481 e. The van der Waals surface area contributed by atoms with Gasteiger partial charge >= 0.3 is 6.09 Å². The van der Waals surface area contributed by atoms with Crippen molar-refractivity contribution in [1.82, 2.24) is 19.9 Å². The molecule has 2 amide bonds. The fourth-order valence-corrected chi connectivity index (χ4v) is 7.72. The molecule has 3 aromatic carbocycles. The molecule has 3 atom stereocenters. The third-order valence-corrected chi connectivity index (χ3v) is 10.6. The number of nitrogens with one attached hydrogen (secondary N) is 3. The van der Waals surface area contributed by atoms with Gasteiger partial charge in [0.1, 0.15) is 11.9 Å². The Morgan fingerprint density at radius 1 is 1.02 bits per heavy atom. The molecule has 14 heteroatoms. The van der Waals surface area contributed by atoms with Crippen LogP contribution in [0.3, 0.4) is 0 Å². The lowest BCUT2D eigenvalue weighted by molar-refractivity contribution is -0.118. The number of nitrogens with zero attached hydrogens (tertiary/aromatic N) is 2. The Morgan fingerprint density at radius 2 is 1.76 bits per heavy atom. The summed E-state index contributed by atoms with van der Waals surface area (Å²) >= 11 is 6.17. The van der Waals surface area contributed by atoms with Crippen molar-refractivity contribution < 1.29 is 31.9 Å². The first kappa shape index (κ1) is 35.7. The van der Waals surface area contributed by atoms with Crippen LogP contribution < -0.4 is 20.7 Å².